The number of phenols is 1. The van der Waals surface area contributed by atoms with E-state index in [9.17, 15) is 23.1 Å². The molecule has 0 saturated carbocycles. The molecule has 2 rings (SSSR count). The molecule has 0 spiro atoms. The van der Waals surface area contributed by atoms with Gasteiger partial charge < -0.3 is 19.9 Å². The van der Waals surface area contributed by atoms with Gasteiger partial charge in [-0.15, -0.1) is 13.2 Å². The van der Waals surface area contributed by atoms with Crippen molar-refractivity contribution >= 4 is 11.6 Å². The van der Waals surface area contributed by atoms with E-state index in [0.717, 1.165) is 12.1 Å². The van der Waals surface area contributed by atoms with Gasteiger partial charge in [-0.1, -0.05) is 20.8 Å². The Kier molecular flexibility index (Phi) is 6.21. The van der Waals surface area contributed by atoms with E-state index in [1.807, 2.05) is 20.8 Å². The van der Waals surface area contributed by atoms with Gasteiger partial charge in [0, 0.05) is 17.2 Å². The SMILES string of the molecule is COc1cc(C(C)(C)C)c(O)c(C(=O)Nc2ccc(C#N)cc2OC(F)(F)F)c1C. The molecule has 0 heterocycles. The number of nitrogens with one attached hydrogen (secondary N) is 1. The number of carbonyl (C=O) groups is 1. The number of nitrogens with zero attached hydrogens (tertiary/aromatic N) is 1. The molecule has 0 aliphatic rings. The quantitative estimate of drug-likeness (QED) is 0.721. The first-order chi connectivity index (χ1) is 13.8. The highest BCUT2D eigenvalue weighted by molar-refractivity contribution is 6.08. The van der Waals surface area contributed by atoms with Crippen LogP contribution in [0.15, 0.2) is 24.3 Å². The largest absolute Gasteiger partial charge is 0.573 e. The van der Waals surface area contributed by atoms with Gasteiger partial charge in [-0.25, -0.2) is 0 Å². The van der Waals surface area contributed by atoms with Crippen molar-refractivity contribution in [1.29, 1.82) is 5.26 Å². The fraction of sp³-hybridized carbons (Fsp3) is 0.333. The van der Waals surface area contributed by atoms with Gasteiger partial charge in [0.1, 0.15) is 11.5 Å². The number of nitriles is 1. The third-order valence-electron chi connectivity index (χ3n) is 4.35. The van der Waals surface area contributed by atoms with Crippen LogP contribution in [0.25, 0.3) is 0 Å². The lowest BCUT2D eigenvalue weighted by molar-refractivity contribution is -0.274. The Bertz CT molecular complexity index is 1020. The number of ether oxygens (including phenoxy) is 2. The number of phenolic OH excluding ortho intramolecular Hbond substituents is 1. The molecule has 0 atom stereocenters. The molecule has 0 saturated heterocycles. The average Bonchev–Trinajstić information content (AvgIpc) is 2.61. The van der Waals surface area contributed by atoms with Crippen molar-refractivity contribution in [1.82, 2.24) is 0 Å². The minimum absolute atomic E-state index is 0.0809. The molecule has 9 heteroatoms. The van der Waals surface area contributed by atoms with E-state index < -0.39 is 23.4 Å². The molecule has 6 nitrogen and oxygen atoms in total. The Morgan fingerprint density at radius 1 is 1.17 bits per heavy atom. The number of methoxy groups -OCH3 is 1. The molecule has 0 bridgehead atoms. The molecular formula is C21H21F3N2O4. The summed E-state index contributed by atoms with van der Waals surface area (Å²) in [6, 6.07) is 6.54. The Morgan fingerprint density at radius 3 is 2.30 bits per heavy atom. The summed E-state index contributed by atoms with van der Waals surface area (Å²) in [7, 11) is 1.41. The molecule has 2 N–H and O–H groups in total. The van der Waals surface area contributed by atoms with Gasteiger partial charge >= 0.3 is 6.36 Å². The minimum atomic E-state index is -5.03. The van der Waals surface area contributed by atoms with E-state index in [4.69, 9.17) is 10.00 Å². The minimum Gasteiger partial charge on any atom is -0.507 e. The first-order valence-electron chi connectivity index (χ1n) is 8.80. The first kappa shape index (κ1) is 22.9. The van der Waals surface area contributed by atoms with E-state index in [1.54, 1.807) is 19.1 Å². The number of benzene rings is 2. The summed E-state index contributed by atoms with van der Waals surface area (Å²) in [5.41, 5.74) is -0.326. The maximum atomic E-state index is 12.9. The third kappa shape index (κ3) is 4.95. The summed E-state index contributed by atoms with van der Waals surface area (Å²) in [4.78, 5) is 12.9. The number of hydrogen-bond acceptors (Lipinski definition) is 5. The average molecular weight is 422 g/mol. The van der Waals surface area contributed by atoms with Gasteiger partial charge in [-0.05, 0) is 30.5 Å². The summed E-state index contributed by atoms with van der Waals surface area (Å²) >= 11 is 0. The maximum Gasteiger partial charge on any atom is 0.573 e. The highest BCUT2D eigenvalue weighted by Crippen LogP contribution is 2.40. The standard InChI is InChI=1S/C21H21F3N2O4/c1-11-15(29-5)9-13(20(2,3)4)18(27)17(11)19(28)26-14-7-6-12(10-25)8-16(14)30-21(22,23)24/h6-9,27H,1-5H3,(H,26,28). The van der Waals surface area contributed by atoms with E-state index in [2.05, 4.69) is 10.1 Å². The molecule has 0 unspecified atom stereocenters. The van der Waals surface area contributed by atoms with Crippen molar-refractivity contribution < 1.29 is 32.5 Å². The van der Waals surface area contributed by atoms with Gasteiger partial charge in [0.25, 0.3) is 5.91 Å². The van der Waals surface area contributed by atoms with Crippen LogP contribution >= 0.6 is 0 Å². The van der Waals surface area contributed by atoms with Gasteiger partial charge in [-0.2, -0.15) is 5.26 Å². The number of anilines is 1. The highest BCUT2D eigenvalue weighted by Gasteiger charge is 2.33. The number of alkyl halides is 3. The van der Waals surface area contributed by atoms with Crippen LogP contribution in [0.3, 0.4) is 0 Å². The molecule has 0 fully saturated rings. The molecule has 1 amide bonds. The molecular weight excluding hydrogens is 401 g/mol. The summed E-state index contributed by atoms with van der Waals surface area (Å²) in [6.07, 6.45) is -5.03. The van der Waals surface area contributed by atoms with Crippen LogP contribution in [0.2, 0.25) is 0 Å². The molecule has 30 heavy (non-hydrogen) atoms. The molecule has 0 aromatic heterocycles. The van der Waals surface area contributed by atoms with Crippen LogP contribution in [0.4, 0.5) is 18.9 Å². The predicted octanol–water partition coefficient (Wildman–Crippen LogP) is 5.03. The van der Waals surface area contributed by atoms with E-state index in [1.165, 1.54) is 13.2 Å². The van der Waals surface area contributed by atoms with E-state index in [0.29, 0.717) is 16.9 Å². The molecule has 0 aliphatic heterocycles. The second kappa shape index (κ2) is 8.14. The maximum absolute atomic E-state index is 12.9. The third-order valence-corrected chi connectivity index (χ3v) is 4.35. The number of halogens is 3. The van der Waals surface area contributed by atoms with E-state index in [-0.39, 0.29) is 22.6 Å². The van der Waals surface area contributed by atoms with Gasteiger partial charge in [0.05, 0.1) is 30.0 Å². The topological polar surface area (TPSA) is 91.6 Å². The van der Waals surface area contributed by atoms with Crippen molar-refractivity contribution in [2.75, 3.05) is 12.4 Å². The number of hydrogen-bond donors (Lipinski definition) is 2. The molecule has 0 aliphatic carbocycles. The molecule has 2 aromatic carbocycles. The van der Waals surface area contributed by atoms with Crippen molar-refractivity contribution in [3.05, 3.63) is 46.5 Å². The Balaban J connectivity index is 2.57. The zero-order valence-corrected chi connectivity index (χ0v) is 17.1. The van der Waals surface area contributed by atoms with E-state index >= 15 is 0 Å². The van der Waals surface area contributed by atoms with Crippen LogP contribution in [-0.2, 0) is 5.41 Å². The molecule has 0 radical (unpaired) electrons. The summed E-state index contributed by atoms with van der Waals surface area (Å²) in [5.74, 6) is -1.56. The summed E-state index contributed by atoms with van der Waals surface area (Å²) in [6.45, 7) is 7.03. The van der Waals surface area contributed by atoms with Crippen molar-refractivity contribution in [2.24, 2.45) is 0 Å². The fourth-order valence-corrected chi connectivity index (χ4v) is 2.89. The second-order valence-electron chi connectivity index (χ2n) is 7.55. The van der Waals surface area contributed by atoms with Crippen LogP contribution < -0.4 is 14.8 Å². The van der Waals surface area contributed by atoms with Crippen LogP contribution in [-0.4, -0.2) is 24.5 Å². The number of carbonyl (C=O) groups excluding carboxylic acids is 1. The number of amides is 1. The van der Waals surface area contributed by atoms with Crippen LogP contribution in [0.5, 0.6) is 17.2 Å². The van der Waals surface area contributed by atoms with Crippen molar-refractivity contribution in [3.63, 3.8) is 0 Å². The smallest absolute Gasteiger partial charge is 0.507 e. The van der Waals surface area contributed by atoms with Gasteiger partial charge in [-0.3, -0.25) is 4.79 Å². The first-order valence-corrected chi connectivity index (χ1v) is 8.80. The molecule has 160 valence electrons. The lowest BCUT2D eigenvalue weighted by Crippen LogP contribution is -2.21. The van der Waals surface area contributed by atoms with Gasteiger partial charge in [0.2, 0.25) is 0 Å². The second-order valence-corrected chi connectivity index (χ2v) is 7.55. The Morgan fingerprint density at radius 2 is 1.80 bits per heavy atom. The summed E-state index contributed by atoms with van der Waals surface area (Å²) in [5, 5.41) is 22.0. The fourth-order valence-electron chi connectivity index (χ4n) is 2.89. The van der Waals surface area contributed by atoms with Crippen molar-refractivity contribution in [2.45, 2.75) is 39.5 Å². The van der Waals surface area contributed by atoms with Crippen LogP contribution in [0, 0.1) is 18.3 Å². The Labute approximate surface area is 171 Å². The lowest BCUT2D eigenvalue weighted by Gasteiger charge is -2.24. The zero-order valence-electron chi connectivity index (χ0n) is 17.1. The zero-order chi connectivity index (χ0) is 22.9. The van der Waals surface area contributed by atoms with Crippen molar-refractivity contribution in [3.8, 4) is 23.3 Å². The van der Waals surface area contributed by atoms with Gasteiger partial charge in [0.15, 0.2) is 5.75 Å². The highest BCUT2D eigenvalue weighted by atomic mass is 19.4. The molecule has 2 aromatic rings. The lowest BCUT2D eigenvalue weighted by atomic mass is 9.83. The monoisotopic (exact) mass is 422 g/mol. The normalized spacial score (nSPS) is 11.6. The summed E-state index contributed by atoms with van der Waals surface area (Å²) < 4.78 is 47.5. The van der Waals surface area contributed by atoms with Crippen LogP contribution in [0.1, 0.15) is 47.8 Å². The number of aromatic hydroxyl groups is 1. The number of rotatable bonds is 4. The Hall–Kier alpha value is -3.41. The predicted molar refractivity (Wildman–Crippen MR) is 104 cm³/mol.